The molecule has 8 aliphatic rings. The highest BCUT2D eigenvalue weighted by atomic mass is 32.1. The molecule has 8 heteroatoms. The van der Waals surface area contributed by atoms with E-state index < -0.39 is 0 Å². The molecule has 6 fully saturated rings. The van der Waals surface area contributed by atoms with Gasteiger partial charge in [-0.05, 0) is 173 Å². The molecule has 60 heavy (non-hydrogen) atoms. The maximum atomic E-state index is 5.17. The minimum Gasteiger partial charge on any atom is -0.361 e. The van der Waals surface area contributed by atoms with Crippen LogP contribution < -0.4 is 10.6 Å². The van der Waals surface area contributed by atoms with E-state index in [0.29, 0.717) is 10.8 Å². The first-order valence-electron chi connectivity index (χ1n) is 25.5. The molecule has 4 aromatic rings. The van der Waals surface area contributed by atoms with E-state index in [1.807, 2.05) is 22.7 Å². The van der Waals surface area contributed by atoms with Gasteiger partial charge in [-0.25, -0.2) is 9.97 Å². The summed E-state index contributed by atoms with van der Waals surface area (Å²) >= 11 is 3.79. The lowest BCUT2D eigenvalue weighted by Crippen LogP contribution is -2.61. The van der Waals surface area contributed by atoms with Crippen molar-refractivity contribution in [3.05, 3.63) is 46.5 Å². The molecule has 322 valence electrons. The molecule has 4 saturated carbocycles. The summed E-state index contributed by atoms with van der Waals surface area (Å²) < 4.78 is 2.80. The number of piperidine rings is 2. The van der Waals surface area contributed by atoms with E-state index >= 15 is 0 Å². The van der Waals surface area contributed by atoms with E-state index in [9.17, 15) is 0 Å². The van der Waals surface area contributed by atoms with Gasteiger partial charge in [0.05, 0.1) is 20.4 Å². The fourth-order valence-corrected chi connectivity index (χ4v) is 16.5. The number of likely N-dealkylation sites (tertiary alicyclic amines) is 2. The molecule has 6 aliphatic carbocycles. The van der Waals surface area contributed by atoms with Crippen LogP contribution >= 0.6 is 22.7 Å². The lowest BCUT2D eigenvalue weighted by molar-refractivity contribution is -0.0132. The van der Waals surface area contributed by atoms with Crippen LogP contribution in [0.3, 0.4) is 0 Å². The smallest absolute Gasteiger partial charge is 0.183 e. The third-order valence-corrected chi connectivity index (χ3v) is 19.9. The summed E-state index contributed by atoms with van der Waals surface area (Å²) in [4.78, 5) is 16.2. The van der Waals surface area contributed by atoms with E-state index in [4.69, 9.17) is 9.97 Å². The quantitative estimate of drug-likeness (QED) is 0.103. The Morgan fingerprint density at radius 3 is 1.43 bits per heavy atom. The van der Waals surface area contributed by atoms with E-state index in [0.717, 1.165) is 59.1 Å². The van der Waals surface area contributed by atoms with Gasteiger partial charge in [-0.1, -0.05) is 86.9 Å². The number of unbranched alkanes of at least 4 members (excludes halogenated alkanes) is 7. The Bertz CT molecular complexity index is 2020. The predicted octanol–water partition coefficient (Wildman–Crippen LogP) is 12.5. The van der Waals surface area contributed by atoms with Gasteiger partial charge in [0.1, 0.15) is 0 Å². The number of hydrogen-bond acceptors (Lipinski definition) is 8. The third-order valence-electron chi connectivity index (χ3n) is 17.9. The lowest BCUT2D eigenvalue weighted by Gasteiger charge is -2.59. The van der Waals surface area contributed by atoms with Gasteiger partial charge < -0.3 is 10.6 Å². The van der Waals surface area contributed by atoms with E-state index in [2.05, 4.69) is 44.7 Å². The van der Waals surface area contributed by atoms with Gasteiger partial charge in [-0.2, -0.15) is 0 Å². The molecule has 12 rings (SSSR count). The summed E-state index contributed by atoms with van der Waals surface area (Å²) in [6, 6.07) is 11.8. The Morgan fingerprint density at radius 1 is 0.533 bits per heavy atom. The fraction of sp³-hybridized carbons (Fsp3) is 0.731. The Morgan fingerprint density at radius 2 is 0.983 bits per heavy atom. The van der Waals surface area contributed by atoms with Crippen molar-refractivity contribution in [2.75, 3.05) is 49.9 Å². The molecule has 2 aromatic carbocycles. The second-order valence-corrected chi connectivity index (χ2v) is 23.7. The number of anilines is 2. The highest BCUT2D eigenvalue weighted by molar-refractivity contribution is 7.22. The van der Waals surface area contributed by atoms with Gasteiger partial charge in [0.25, 0.3) is 0 Å². The monoisotopic (exact) mass is 845 g/mol. The second-order valence-electron chi connectivity index (χ2n) is 21.6. The van der Waals surface area contributed by atoms with E-state index in [1.165, 1.54) is 201 Å². The molecule has 0 unspecified atom stereocenters. The fourth-order valence-electron chi connectivity index (χ4n) is 14.6. The molecule has 6 atom stereocenters. The topological polar surface area (TPSA) is 56.3 Å². The minimum absolute atomic E-state index is 0.423. The average molecular weight is 845 g/mol. The molecule has 2 aromatic heterocycles. The molecule has 2 aliphatic heterocycles. The van der Waals surface area contributed by atoms with Gasteiger partial charge in [-0.15, -0.1) is 0 Å². The predicted molar refractivity (Wildman–Crippen MR) is 253 cm³/mol. The summed E-state index contributed by atoms with van der Waals surface area (Å²) in [5, 5.41) is 9.75. The maximum Gasteiger partial charge on any atom is 0.183 e. The Hall–Kier alpha value is -2.26. The van der Waals surface area contributed by atoms with Crippen molar-refractivity contribution in [3.8, 4) is 0 Å². The molecule has 0 amide bonds. The zero-order valence-electron chi connectivity index (χ0n) is 36.6. The van der Waals surface area contributed by atoms with Crippen molar-refractivity contribution >= 4 is 53.4 Å². The summed E-state index contributed by atoms with van der Waals surface area (Å²) in [5.41, 5.74) is 10.1. The number of thiazole rings is 2. The normalized spacial score (nSPS) is 31.1. The number of aromatic nitrogens is 2. The molecule has 0 radical (unpaired) electrons. The molecule has 6 nitrogen and oxygen atoms in total. The summed E-state index contributed by atoms with van der Waals surface area (Å²) in [5.74, 6) is 3.72. The highest BCUT2D eigenvalue weighted by Gasteiger charge is 2.56. The van der Waals surface area contributed by atoms with Gasteiger partial charge >= 0.3 is 0 Å². The SMILES string of the molecule is c1c2c(cc3sc(NCCCCCCCCCCNc4nc5cc6c(cc5s4)C[C@@H]4[C@@H]5CCCC[C@]65CCN4CC4CC4)nc13)C[C@@H]1[C@@H]3CCCC[C@]23CCN1CC1CC1. The number of hydrogen-bond donors (Lipinski definition) is 2. The largest absolute Gasteiger partial charge is 0.361 e. The molecule has 2 saturated heterocycles. The van der Waals surface area contributed by atoms with Crippen LogP contribution in [-0.2, 0) is 23.7 Å². The molecular formula is C52H72N6S2. The van der Waals surface area contributed by atoms with Gasteiger partial charge in [0, 0.05) is 49.1 Å². The first-order valence-corrected chi connectivity index (χ1v) is 27.1. The minimum atomic E-state index is 0.423. The molecular weight excluding hydrogens is 773 g/mol. The van der Waals surface area contributed by atoms with Gasteiger partial charge in [0.2, 0.25) is 0 Å². The first-order chi connectivity index (χ1) is 29.6. The van der Waals surface area contributed by atoms with Gasteiger partial charge in [0.15, 0.2) is 10.3 Å². The summed E-state index contributed by atoms with van der Waals surface area (Å²) in [6.45, 7) is 7.48. The number of fused-ring (bicyclic) bond motifs is 4. The van der Waals surface area contributed by atoms with Crippen LogP contribution in [0.1, 0.15) is 164 Å². The standard InChI is InChI=1S/C52H72N6S2/c1(3-5-11-23-53-49-55-43-31-41-37(29-47(43)59-49)27-45-39-13-7-9-19-51(39,41)21-25-57(45)33-35-15-16-35)2-4-6-12-24-54-50-56-44-32-42-38(30-48(44)60-50)28-46-40-14-8-10-20-52(40,42)22-26-58(46)34-36-17-18-36/h29-32,35-36,39-40,45-46H,1-28,33-34H2,(H,53,55)(H,54,56)/t39-,40-,45+,46+,51+,52+/m0/s1. The molecule has 4 heterocycles. The zero-order valence-corrected chi connectivity index (χ0v) is 38.2. The zero-order chi connectivity index (χ0) is 39.7. The molecule has 0 spiro atoms. The van der Waals surface area contributed by atoms with Crippen molar-refractivity contribution < 1.29 is 0 Å². The van der Waals surface area contributed by atoms with Crippen molar-refractivity contribution in [2.24, 2.45) is 23.7 Å². The van der Waals surface area contributed by atoms with Crippen LogP contribution in [0, 0.1) is 23.7 Å². The Kier molecular flexibility index (Phi) is 10.7. The summed E-state index contributed by atoms with van der Waals surface area (Å²) in [7, 11) is 0. The van der Waals surface area contributed by atoms with Crippen molar-refractivity contribution in [1.82, 2.24) is 19.8 Å². The average Bonchev–Trinajstić information content (AvgIpc) is 4.19. The first kappa shape index (κ1) is 39.3. The van der Waals surface area contributed by atoms with Crippen LogP contribution in [0.15, 0.2) is 24.3 Å². The van der Waals surface area contributed by atoms with Crippen LogP contribution in [-0.4, -0.2) is 71.1 Å². The van der Waals surface area contributed by atoms with E-state index in [1.54, 1.807) is 22.3 Å². The van der Waals surface area contributed by atoms with Crippen LogP contribution in [0.5, 0.6) is 0 Å². The maximum absolute atomic E-state index is 5.17. The second kappa shape index (κ2) is 16.4. The molecule has 2 N–H and O–H groups in total. The van der Waals surface area contributed by atoms with E-state index in [-0.39, 0.29) is 0 Å². The number of nitrogens with one attached hydrogen (secondary N) is 2. The Labute approximate surface area is 368 Å². The third kappa shape index (κ3) is 7.35. The number of rotatable bonds is 17. The number of benzene rings is 2. The van der Waals surface area contributed by atoms with Crippen molar-refractivity contribution in [3.63, 3.8) is 0 Å². The van der Waals surface area contributed by atoms with Gasteiger partial charge in [-0.3, -0.25) is 9.80 Å². The van der Waals surface area contributed by atoms with Crippen molar-refractivity contribution in [2.45, 2.75) is 177 Å². The van der Waals surface area contributed by atoms with Crippen LogP contribution in [0.2, 0.25) is 0 Å². The summed E-state index contributed by atoms with van der Waals surface area (Å²) in [6.07, 6.45) is 33.1. The van der Waals surface area contributed by atoms with Crippen LogP contribution in [0.4, 0.5) is 10.3 Å². The molecule has 4 bridgehead atoms. The highest BCUT2D eigenvalue weighted by Crippen LogP contribution is 2.58. The lowest BCUT2D eigenvalue weighted by atomic mass is 9.52. The Balaban J connectivity index is 0.572. The van der Waals surface area contributed by atoms with Crippen LogP contribution in [0.25, 0.3) is 20.4 Å². The van der Waals surface area contributed by atoms with Crippen molar-refractivity contribution in [1.29, 1.82) is 0 Å². The number of nitrogens with zero attached hydrogens (tertiary/aromatic N) is 4.